The van der Waals surface area contributed by atoms with Crippen molar-refractivity contribution in [2.24, 2.45) is 0 Å². The van der Waals surface area contributed by atoms with Gasteiger partial charge in [0.1, 0.15) is 23.2 Å². The second kappa shape index (κ2) is 8.14. The zero-order valence-electron chi connectivity index (χ0n) is 12.8. The molecule has 0 aliphatic rings. The van der Waals surface area contributed by atoms with Gasteiger partial charge in [-0.3, -0.25) is 4.79 Å². The van der Waals surface area contributed by atoms with Gasteiger partial charge in [0.05, 0.1) is 11.6 Å². The minimum Gasteiger partial charge on any atom is -0.494 e. The van der Waals surface area contributed by atoms with E-state index in [0.29, 0.717) is 18.0 Å². The number of hydrogen-bond donors (Lipinski definition) is 1. The average molecular weight is 345 g/mol. The molecule has 2 aromatic rings. The van der Waals surface area contributed by atoms with Crippen LogP contribution in [0.15, 0.2) is 48.0 Å². The molecule has 0 fully saturated rings. The van der Waals surface area contributed by atoms with Crippen LogP contribution in [0, 0.1) is 17.1 Å². The fraction of sp³-hybridized carbons (Fsp3) is 0.111. The van der Waals surface area contributed by atoms with Gasteiger partial charge in [-0.05, 0) is 49.4 Å². The molecular formula is C18H14ClFN2O2. The molecule has 6 heteroatoms. The standard InChI is InChI=1S/C18H14ClFN2O2/c1-2-24-14-8-6-13(7-9-14)22-18(23)12(11-21)10-15-16(19)4-3-5-17(15)20/h3-10H,2H2,1H3,(H,22,23)/b12-10-. The highest BCUT2D eigenvalue weighted by Crippen LogP contribution is 2.22. The third-order valence-electron chi connectivity index (χ3n) is 3.08. The van der Waals surface area contributed by atoms with Gasteiger partial charge in [0.25, 0.3) is 5.91 Å². The van der Waals surface area contributed by atoms with Crippen molar-refractivity contribution in [1.82, 2.24) is 0 Å². The van der Waals surface area contributed by atoms with Crippen molar-refractivity contribution in [3.05, 3.63) is 64.4 Å². The van der Waals surface area contributed by atoms with Gasteiger partial charge in [0.2, 0.25) is 0 Å². The Hall–Kier alpha value is -2.84. The SMILES string of the molecule is CCOc1ccc(NC(=O)/C(C#N)=C\c2c(F)cccc2Cl)cc1. The highest BCUT2D eigenvalue weighted by Gasteiger charge is 2.12. The lowest BCUT2D eigenvalue weighted by atomic mass is 10.1. The first-order chi connectivity index (χ1) is 11.5. The van der Waals surface area contributed by atoms with Crippen molar-refractivity contribution >= 4 is 29.3 Å². The maximum absolute atomic E-state index is 13.8. The van der Waals surface area contributed by atoms with Crippen LogP contribution in [0.1, 0.15) is 12.5 Å². The first-order valence-corrected chi connectivity index (χ1v) is 7.53. The zero-order chi connectivity index (χ0) is 17.5. The largest absolute Gasteiger partial charge is 0.494 e. The van der Waals surface area contributed by atoms with Crippen LogP contribution in [-0.4, -0.2) is 12.5 Å². The Kier molecular flexibility index (Phi) is 5.94. The van der Waals surface area contributed by atoms with Crippen LogP contribution in [0.5, 0.6) is 5.75 Å². The van der Waals surface area contributed by atoms with Crippen LogP contribution >= 0.6 is 11.6 Å². The van der Waals surface area contributed by atoms with E-state index < -0.39 is 11.7 Å². The summed E-state index contributed by atoms with van der Waals surface area (Å²) in [6, 6.07) is 12.6. The molecule has 0 spiro atoms. The maximum atomic E-state index is 13.8. The molecule has 0 aliphatic heterocycles. The van der Waals surface area contributed by atoms with Crippen LogP contribution in [0.2, 0.25) is 5.02 Å². The molecule has 122 valence electrons. The van der Waals surface area contributed by atoms with E-state index in [0.717, 1.165) is 6.08 Å². The first kappa shape index (κ1) is 17.5. The van der Waals surface area contributed by atoms with Gasteiger partial charge >= 0.3 is 0 Å². The van der Waals surface area contributed by atoms with Gasteiger partial charge in [0.15, 0.2) is 0 Å². The third-order valence-corrected chi connectivity index (χ3v) is 3.41. The minimum absolute atomic E-state index is 0.00226. The van der Waals surface area contributed by atoms with E-state index in [4.69, 9.17) is 21.6 Å². The molecule has 0 unspecified atom stereocenters. The molecule has 1 N–H and O–H groups in total. The van der Waals surface area contributed by atoms with Crippen molar-refractivity contribution < 1.29 is 13.9 Å². The Labute approximate surface area is 144 Å². The lowest BCUT2D eigenvalue weighted by Gasteiger charge is -2.07. The number of nitrogens with zero attached hydrogens (tertiary/aromatic N) is 1. The van der Waals surface area contributed by atoms with Crippen molar-refractivity contribution in [3.63, 3.8) is 0 Å². The zero-order valence-corrected chi connectivity index (χ0v) is 13.6. The molecular weight excluding hydrogens is 331 g/mol. The lowest BCUT2D eigenvalue weighted by Crippen LogP contribution is -2.13. The average Bonchev–Trinajstić information content (AvgIpc) is 2.56. The summed E-state index contributed by atoms with van der Waals surface area (Å²) in [4.78, 5) is 12.2. The van der Waals surface area contributed by atoms with Crippen LogP contribution in [-0.2, 0) is 4.79 Å². The molecule has 0 aromatic heterocycles. The van der Waals surface area contributed by atoms with E-state index in [1.165, 1.54) is 18.2 Å². The molecule has 0 heterocycles. The number of benzene rings is 2. The van der Waals surface area contributed by atoms with E-state index in [1.807, 2.05) is 6.92 Å². The molecule has 0 radical (unpaired) electrons. The number of nitrogens with one attached hydrogen (secondary N) is 1. The number of halogens is 2. The van der Waals surface area contributed by atoms with Crippen LogP contribution in [0.4, 0.5) is 10.1 Å². The Morgan fingerprint density at radius 3 is 2.62 bits per heavy atom. The van der Waals surface area contributed by atoms with Gasteiger partial charge in [-0.1, -0.05) is 17.7 Å². The molecule has 0 atom stereocenters. The summed E-state index contributed by atoms with van der Waals surface area (Å²) in [6.45, 7) is 2.41. The van der Waals surface area contributed by atoms with E-state index in [1.54, 1.807) is 30.3 Å². The van der Waals surface area contributed by atoms with Crippen LogP contribution in [0.3, 0.4) is 0 Å². The van der Waals surface area contributed by atoms with Crippen LogP contribution in [0.25, 0.3) is 6.08 Å². The molecule has 2 aromatic carbocycles. The molecule has 2 rings (SSSR count). The highest BCUT2D eigenvalue weighted by molar-refractivity contribution is 6.32. The number of nitriles is 1. The van der Waals surface area contributed by atoms with E-state index in [2.05, 4.69) is 5.32 Å². The number of anilines is 1. The molecule has 0 saturated heterocycles. The number of carbonyl (C=O) groups is 1. The summed E-state index contributed by atoms with van der Waals surface area (Å²) in [5.74, 6) is -0.588. The monoisotopic (exact) mass is 344 g/mol. The third kappa shape index (κ3) is 4.34. The summed E-state index contributed by atoms with van der Waals surface area (Å²) >= 11 is 5.90. The molecule has 0 saturated carbocycles. The molecule has 0 aliphatic carbocycles. The number of hydrogen-bond acceptors (Lipinski definition) is 3. The summed E-state index contributed by atoms with van der Waals surface area (Å²) in [6.07, 6.45) is 1.13. The Balaban J connectivity index is 2.20. The second-order valence-electron chi connectivity index (χ2n) is 4.72. The number of rotatable bonds is 5. The van der Waals surface area contributed by atoms with Crippen molar-refractivity contribution in [3.8, 4) is 11.8 Å². The van der Waals surface area contributed by atoms with Gasteiger partial charge in [-0.25, -0.2) is 4.39 Å². The minimum atomic E-state index is -0.652. The fourth-order valence-corrected chi connectivity index (χ4v) is 2.16. The normalized spacial score (nSPS) is 10.8. The predicted octanol–water partition coefficient (Wildman–Crippen LogP) is 4.42. The number of amides is 1. The van der Waals surface area contributed by atoms with Gasteiger partial charge < -0.3 is 10.1 Å². The van der Waals surface area contributed by atoms with Crippen LogP contribution < -0.4 is 10.1 Å². The summed E-state index contributed by atoms with van der Waals surface area (Å²) in [5.41, 5.74) is 0.234. The first-order valence-electron chi connectivity index (χ1n) is 7.15. The smallest absolute Gasteiger partial charge is 0.266 e. The summed E-state index contributed by atoms with van der Waals surface area (Å²) in [7, 11) is 0. The van der Waals surface area contributed by atoms with Gasteiger partial charge in [-0.2, -0.15) is 5.26 Å². The van der Waals surface area contributed by atoms with Gasteiger partial charge in [-0.15, -0.1) is 0 Å². The van der Waals surface area contributed by atoms with Crippen molar-refractivity contribution in [2.75, 3.05) is 11.9 Å². The Bertz CT molecular complexity index is 791. The second-order valence-corrected chi connectivity index (χ2v) is 5.12. The van der Waals surface area contributed by atoms with Crippen molar-refractivity contribution in [2.45, 2.75) is 6.92 Å². The Morgan fingerprint density at radius 2 is 2.04 bits per heavy atom. The molecule has 0 bridgehead atoms. The maximum Gasteiger partial charge on any atom is 0.266 e. The van der Waals surface area contributed by atoms with E-state index in [9.17, 15) is 9.18 Å². The van der Waals surface area contributed by atoms with Gasteiger partial charge in [0, 0.05) is 11.3 Å². The fourth-order valence-electron chi connectivity index (χ4n) is 1.94. The molecule has 4 nitrogen and oxygen atoms in total. The quantitative estimate of drug-likeness (QED) is 0.645. The van der Waals surface area contributed by atoms with E-state index >= 15 is 0 Å². The van der Waals surface area contributed by atoms with Crippen molar-refractivity contribution in [1.29, 1.82) is 5.26 Å². The highest BCUT2D eigenvalue weighted by atomic mass is 35.5. The van der Waals surface area contributed by atoms with E-state index in [-0.39, 0.29) is 16.2 Å². The molecule has 1 amide bonds. The number of ether oxygens (including phenoxy) is 1. The summed E-state index contributed by atoms with van der Waals surface area (Å²) in [5, 5.41) is 11.9. The number of carbonyl (C=O) groups excluding carboxylic acids is 1. The Morgan fingerprint density at radius 1 is 1.33 bits per heavy atom. The predicted molar refractivity (Wildman–Crippen MR) is 91.2 cm³/mol. The molecule has 24 heavy (non-hydrogen) atoms. The topological polar surface area (TPSA) is 62.1 Å². The lowest BCUT2D eigenvalue weighted by molar-refractivity contribution is -0.112. The summed E-state index contributed by atoms with van der Waals surface area (Å²) < 4.78 is 19.1.